The van der Waals surface area contributed by atoms with Gasteiger partial charge in [0.25, 0.3) is 11.3 Å². The number of nitrogens with zero attached hydrogens (tertiary/aromatic N) is 7. The summed E-state index contributed by atoms with van der Waals surface area (Å²) in [5.74, 6) is 1.71. The van der Waals surface area contributed by atoms with Crippen molar-refractivity contribution in [2.75, 3.05) is 0 Å². The van der Waals surface area contributed by atoms with Crippen molar-refractivity contribution >= 4 is 28.7 Å². The molecule has 0 aliphatic rings. The predicted molar refractivity (Wildman–Crippen MR) is 135 cm³/mol. The fourth-order valence-electron chi connectivity index (χ4n) is 4.14. The molecule has 1 aromatic carbocycles. The molecule has 10 nitrogen and oxygen atoms in total. The lowest BCUT2D eigenvalue weighted by atomic mass is 10.2. The topological polar surface area (TPSA) is 116 Å². The number of H-pyrrole nitrogens is 1. The number of hydrogen-bond acceptors (Lipinski definition) is 7. The normalized spacial score (nSPS) is 11.6. The zero-order valence-electron chi connectivity index (χ0n) is 19.9. The quantitative estimate of drug-likeness (QED) is 0.332. The summed E-state index contributed by atoms with van der Waals surface area (Å²) >= 11 is 1.43. The summed E-state index contributed by atoms with van der Waals surface area (Å²) in [7, 11) is 0. The fourth-order valence-corrected chi connectivity index (χ4v) is 4.90. The molecule has 0 aliphatic heterocycles. The molecule has 0 bridgehead atoms. The first-order valence-corrected chi connectivity index (χ1v) is 12.5. The minimum absolute atomic E-state index is 0.322. The van der Waals surface area contributed by atoms with Crippen LogP contribution in [-0.4, -0.2) is 38.7 Å². The molecule has 11 heteroatoms. The number of aromatic nitrogens is 8. The van der Waals surface area contributed by atoms with E-state index in [1.54, 1.807) is 4.52 Å². The van der Waals surface area contributed by atoms with Crippen LogP contribution in [0.15, 0.2) is 51.1 Å². The Morgan fingerprint density at radius 2 is 1.83 bits per heavy atom. The van der Waals surface area contributed by atoms with E-state index in [2.05, 4.69) is 27.0 Å². The first kappa shape index (κ1) is 23.0. The third-order valence-corrected chi connectivity index (χ3v) is 6.65. The lowest BCUT2D eigenvalue weighted by molar-refractivity contribution is 0.626. The summed E-state index contributed by atoms with van der Waals surface area (Å²) in [6.07, 6.45) is 1.85. The number of fused-ring (bicyclic) bond motifs is 2. The average Bonchev–Trinajstić information content (AvgIpc) is 3.41. The second-order valence-corrected chi connectivity index (χ2v) is 9.41. The van der Waals surface area contributed by atoms with Crippen LogP contribution in [0.2, 0.25) is 0 Å². The Morgan fingerprint density at radius 1 is 1.03 bits per heavy atom. The van der Waals surface area contributed by atoms with Gasteiger partial charge in [-0.2, -0.15) is 4.98 Å². The van der Waals surface area contributed by atoms with Gasteiger partial charge in [0, 0.05) is 17.9 Å². The standard InChI is InChI=1S/C24H26N8O2S/c1-4-5-11-30-18(14-35-23-28-22-25-15(2)12-16(3)32(22)29-23)26-20-19(30)21(33)27-24(34)31(20)13-17-9-7-6-8-10-17/h6-10,12H,4-5,11,13-14H2,1-3H3,(H,27,33,34). The van der Waals surface area contributed by atoms with Gasteiger partial charge in [-0.15, -0.1) is 5.10 Å². The van der Waals surface area contributed by atoms with Crippen molar-refractivity contribution in [1.29, 1.82) is 0 Å². The van der Waals surface area contributed by atoms with Crippen LogP contribution in [0.4, 0.5) is 0 Å². The summed E-state index contributed by atoms with van der Waals surface area (Å²) in [5.41, 5.74) is 2.72. The molecule has 1 N–H and O–H groups in total. The summed E-state index contributed by atoms with van der Waals surface area (Å²) in [6.45, 7) is 6.95. The number of imidazole rings is 1. The maximum absolute atomic E-state index is 12.9. The Morgan fingerprint density at radius 3 is 2.60 bits per heavy atom. The number of thioether (sulfide) groups is 1. The number of rotatable bonds is 8. The third kappa shape index (κ3) is 4.51. The first-order valence-electron chi connectivity index (χ1n) is 11.5. The molecule has 5 aromatic rings. The van der Waals surface area contributed by atoms with E-state index >= 15 is 0 Å². The molecule has 4 aromatic heterocycles. The van der Waals surface area contributed by atoms with Crippen molar-refractivity contribution in [1.82, 2.24) is 38.7 Å². The van der Waals surface area contributed by atoms with Gasteiger partial charge in [0.1, 0.15) is 5.82 Å². The molecule has 0 unspecified atom stereocenters. The van der Waals surface area contributed by atoms with Gasteiger partial charge in [0.05, 0.1) is 12.3 Å². The SMILES string of the molecule is CCCCn1c(CSc2nc3nc(C)cc(C)n3n2)nc2c1c(=O)[nH]c(=O)n2Cc1ccccc1. The number of aromatic amines is 1. The molecule has 0 saturated heterocycles. The summed E-state index contributed by atoms with van der Waals surface area (Å²) in [4.78, 5) is 41.9. The number of hydrogen-bond donors (Lipinski definition) is 1. The van der Waals surface area contributed by atoms with Gasteiger partial charge in [-0.3, -0.25) is 14.3 Å². The molecule has 180 valence electrons. The summed E-state index contributed by atoms with van der Waals surface area (Å²) in [5, 5.41) is 5.14. The predicted octanol–water partition coefficient (Wildman–Crippen LogP) is 3.08. The highest BCUT2D eigenvalue weighted by Crippen LogP contribution is 2.23. The Hall–Kier alpha value is -3.73. The third-order valence-electron chi connectivity index (χ3n) is 5.81. The highest BCUT2D eigenvalue weighted by molar-refractivity contribution is 7.98. The van der Waals surface area contributed by atoms with E-state index in [1.807, 2.05) is 54.8 Å². The van der Waals surface area contributed by atoms with E-state index in [9.17, 15) is 9.59 Å². The zero-order chi connectivity index (χ0) is 24.5. The maximum Gasteiger partial charge on any atom is 0.330 e. The number of unbranched alkanes of at least 4 members (excludes halogenated alkanes) is 1. The highest BCUT2D eigenvalue weighted by atomic mass is 32.2. The monoisotopic (exact) mass is 490 g/mol. The largest absolute Gasteiger partial charge is 0.330 e. The lowest BCUT2D eigenvalue weighted by Crippen LogP contribution is -2.31. The number of benzene rings is 1. The highest BCUT2D eigenvalue weighted by Gasteiger charge is 2.19. The molecule has 0 radical (unpaired) electrons. The van der Waals surface area contributed by atoms with E-state index in [-0.39, 0.29) is 0 Å². The Labute approximate surface area is 205 Å². The van der Waals surface area contributed by atoms with Crippen molar-refractivity contribution in [2.24, 2.45) is 0 Å². The number of nitrogens with one attached hydrogen (secondary N) is 1. The number of aryl methyl sites for hydroxylation is 3. The average molecular weight is 491 g/mol. The molecule has 5 rings (SSSR count). The molecule has 0 aliphatic carbocycles. The minimum Gasteiger partial charge on any atom is -0.321 e. The van der Waals surface area contributed by atoms with Gasteiger partial charge in [0.15, 0.2) is 11.2 Å². The lowest BCUT2D eigenvalue weighted by Gasteiger charge is -2.08. The van der Waals surface area contributed by atoms with Gasteiger partial charge in [-0.05, 0) is 31.9 Å². The maximum atomic E-state index is 12.9. The molecular weight excluding hydrogens is 464 g/mol. The fraction of sp³-hybridized carbons (Fsp3) is 0.333. The van der Waals surface area contributed by atoms with E-state index in [0.717, 1.165) is 29.8 Å². The van der Waals surface area contributed by atoms with Gasteiger partial charge in [0.2, 0.25) is 5.16 Å². The molecule has 4 heterocycles. The smallest absolute Gasteiger partial charge is 0.321 e. The molecule has 0 saturated carbocycles. The van der Waals surface area contributed by atoms with Crippen molar-refractivity contribution in [3.05, 3.63) is 80.0 Å². The van der Waals surface area contributed by atoms with Crippen LogP contribution in [-0.2, 0) is 18.8 Å². The molecule has 0 spiro atoms. The molecule has 35 heavy (non-hydrogen) atoms. The van der Waals surface area contributed by atoms with E-state index in [0.29, 0.717) is 46.8 Å². The second-order valence-electron chi connectivity index (χ2n) is 8.47. The van der Waals surface area contributed by atoms with Crippen LogP contribution in [0.25, 0.3) is 16.9 Å². The zero-order valence-corrected chi connectivity index (χ0v) is 20.7. The van der Waals surface area contributed by atoms with Crippen LogP contribution in [0, 0.1) is 13.8 Å². The van der Waals surface area contributed by atoms with E-state index in [1.165, 1.54) is 16.3 Å². The van der Waals surface area contributed by atoms with Crippen LogP contribution < -0.4 is 11.2 Å². The van der Waals surface area contributed by atoms with Gasteiger partial charge in [-0.1, -0.05) is 55.4 Å². The first-order chi connectivity index (χ1) is 16.9. The Kier molecular flexibility index (Phi) is 6.25. The summed E-state index contributed by atoms with van der Waals surface area (Å²) in [6, 6.07) is 11.6. The van der Waals surface area contributed by atoms with E-state index in [4.69, 9.17) is 4.98 Å². The molecule has 0 amide bonds. The Bertz CT molecular complexity index is 1630. The second kappa shape index (κ2) is 9.49. The Balaban J connectivity index is 1.56. The van der Waals surface area contributed by atoms with E-state index < -0.39 is 11.2 Å². The molecule has 0 atom stereocenters. The molecule has 0 fully saturated rings. The molecular formula is C24H26N8O2S. The van der Waals surface area contributed by atoms with Crippen LogP contribution >= 0.6 is 11.8 Å². The minimum atomic E-state index is -0.468. The summed E-state index contributed by atoms with van der Waals surface area (Å²) < 4.78 is 5.18. The van der Waals surface area contributed by atoms with Crippen molar-refractivity contribution in [3.63, 3.8) is 0 Å². The van der Waals surface area contributed by atoms with Crippen LogP contribution in [0.1, 0.15) is 42.5 Å². The van der Waals surface area contributed by atoms with Crippen molar-refractivity contribution in [3.8, 4) is 0 Å². The van der Waals surface area contributed by atoms with Gasteiger partial charge < -0.3 is 4.57 Å². The van der Waals surface area contributed by atoms with Crippen molar-refractivity contribution < 1.29 is 0 Å². The van der Waals surface area contributed by atoms with Gasteiger partial charge in [-0.25, -0.2) is 19.3 Å². The van der Waals surface area contributed by atoms with Crippen molar-refractivity contribution in [2.45, 2.75) is 57.6 Å². The van der Waals surface area contributed by atoms with Crippen LogP contribution in [0.5, 0.6) is 0 Å². The van der Waals surface area contributed by atoms with Crippen LogP contribution in [0.3, 0.4) is 0 Å². The van der Waals surface area contributed by atoms with Gasteiger partial charge >= 0.3 is 5.69 Å².